The molecule has 0 spiro atoms. The number of benzene rings is 1. The number of esters is 1. The van der Waals surface area contributed by atoms with Crippen LogP contribution in [0.1, 0.15) is 59.9 Å². The molecule has 0 aliphatic rings. The van der Waals surface area contributed by atoms with Crippen molar-refractivity contribution in [3.05, 3.63) is 35.9 Å². The van der Waals surface area contributed by atoms with Gasteiger partial charge in [0.05, 0.1) is 0 Å². The third-order valence-corrected chi connectivity index (χ3v) is 4.05. The minimum absolute atomic E-state index is 0.231. The van der Waals surface area contributed by atoms with Crippen molar-refractivity contribution < 1.29 is 19.1 Å². The molecule has 146 valence electrons. The maximum atomic E-state index is 12.3. The Morgan fingerprint density at radius 2 is 1.73 bits per heavy atom. The van der Waals surface area contributed by atoms with Gasteiger partial charge in [0, 0.05) is 0 Å². The number of carbonyl (C=O) groups excluding carboxylic acids is 2. The fourth-order valence-electron chi connectivity index (χ4n) is 2.72. The summed E-state index contributed by atoms with van der Waals surface area (Å²) < 4.78 is 10.8. The Morgan fingerprint density at radius 1 is 1.12 bits per heavy atom. The van der Waals surface area contributed by atoms with Gasteiger partial charge in [0.15, 0.2) is 0 Å². The van der Waals surface area contributed by atoms with Gasteiger partial charge in [-0.1, -0.05) is 43.7 Å². The zero-order valence-electron chi connectivity index (χ0n) is 16.9. The number of amides is 1. The van der Waals surface area contributed by atoms with Crippen LogP contribution in [0.2, 0.25) is 0 Å². The van der Waals surface area contributed by atoms with Crippen LogP contribution in [0.4, 0.5) is 4.79 Å². The molecular formula is C21H33NO4. The summed E-state index contributed by atoms with van der Waals surface area (Å²) in [7, 11) is 0. The lowest BCUT2D eigenvalue weighted by molar-refractivity contribution is -0.153. The van der Waals surface area contributed by atoms with Crippen LogP contribution in [0.5, 0.6) is 0 Å². The molecule has 0 heterocycles. The number of ether oxygens (including phenoxy) is 2. The second-order valence-electron chi connectivity index (χ2n) is 7.75. The highest BCUT2D eigenvalue weighted by atomic mass is 16.6. The van der Waals surface area contributed by atoms with Crippen molar-refractivity contribution in [2.24, 2.45) is 5.92 Å². The molecule has 0 radical (unpaired) electrons. The summed E-state index contributed by atoms with van der Waals surface area (Å²) in [4.78, 5) is 24.1. The fraction of sp³-hybridized carbons (Fsp3) is 0.619. The summed E-state index contributed by atoms with van der Waals surface area (Å²) in [5.74, 6) is -0.211. The molecule has 0 aliphatic carbocycles. The largest absolute Gasteiger partial charge is 0.461 e. The van der Waals surface area contributed by atoms with Crippen LogP contribution in [0, 0.1) is 5.92 Å². The number of hydrogen-bond donors (Lipinski definition) is 1. The molecule has 0 unspecified atom stereocenters. The number of rotatable bonds is 8. The van der Waals surface area contributed by atoms with Gasteiger partial charge in [-0.25, -0.2) is 9.59 Å². The highest BCUT2D eigenvalue weighted by Gasteiger charge is 2.26. The minimum atomic E-state index is -0.758. The molecule has 1 rings (SSSR count). The highest BCUT2D eigenvalue weighted by Crippen LogP contribution is 2.20. The van der Waals surface area contributed by atoms with Crippen LogP contribution in [0.15, 0.2) is 30.3 Å². The van der Waals surface area contributed by atoms with Gasteiger partial charge in [0.2, 0.25) is 0 Å². The van der Waals surface area contributed by atoms with Gasteiger partial charge < -0.3 is 14.8 Å². The van der Waals surface area contributed by atoms with E-state index in [2.05, 4.69) is 24.4 Å². The van der Waals surface area contributed by atoms with E-state index in [1.165, 1.54) is 5.56 Å². The molecule has 0 saturated heterocycles. The fourth-order valence-corrected chi connectivity index (χ4v) is 2.72. The van der Waals surface area contributed by atoms with Crippen molar-refractivity contribution in [2.75, 3.05) is 0 Å². The van der Waals surface area contributed by atoms with Gasteiger partial charge in [-0.3, -0.25) is 0 Å². The molecule has 0 aromatic heterocycles. The molecule has 1 amide bonds. The first-order valence-electron chi connectivity index (χ1n) is 9.36. The molecule has 0 aliphatic heterocycles. The molecule has 5 heteroatoms. The van der Waals surface area contributed by atoms with Crippen molar-refractivity contribution in [3.8, 4) is 0 Å². The number of carbonyl (C=O) groups is 2. The van der Waals surface area contributed by atoms with Crippen LogP contribution in [0.3, 0.4) is 0 Å². The molecule has 0 fully saturated rings. The third-order valence-electron chi connectivity index (χ3n) is 4.05. The average molecular weight is 363 g/mol. The van der Waals surface area contributed by atoms with Crippen molar-refractivity contribution in [2.45, 2.75) is 78.6 Å². The molecule has 0 saturated carbocycles. The summed E-state index contributed by atoms with van der Waals surface area (Å²) in [5, 5.41) is 2.53. The van der Waals surface area contributed by atoms with E-state index in [0.29, 0.717) is 0 Å². The summed E-state index contributed by atoms with van der Waals surface area (Å²) in [6.07, 6.45) is 1.99. The summed E-state index contributed by atoms with van der Waals surface area (Å²) >= 11 is 0. The van der Waals surface area contributed by atoms with Crippen LogP contribution >= 0.6 is 0 Å². The maximum absolute atomic E-state index is 12.3. The predicted molar refractivity (Wildman–Crippen MR) is 103 cm³/mol. The van der Waals surface area contributed by atoms with E-state index in [1.807, 2.05) is 25.1 Å². The lowest BCUT2D eigenvalue weighted by Gasteiger charge is -2.26. The minimum Gasteiger partial charge on any atom is -0.461 e. The third kappa shape index (κ3) is 8.37. The summed E-state index contributed by atoms with van der Waals surface area (Å²) in [6.45, 7) is 11.0. The zero-order valence-corrected chi connectivity index (χ0v) is 16.9. The molecule has 1 aromatic carbocycles. The number of nitrogens with one attached hydrogen (secondary N) is 1. The normalized spacial score (nSPS) is 14.8. The lowest BCUT2D eigenvalue weighted by Crippen LogP contribution is -2.43. The smallest absolute Gasteiger partial charge is 0.408 e. The quantitative estimate of drug-likeness (QED) is 0.691. The Balaban J connectivity index is 2.59. The molecule has 0 bridgehead atoms. The standard InChI is InChI=1S/C21H33NO4/c1-7-11-18(14-17-12-9-8-10-13-17)16(3)25-19(23)15(2)22-20(24)26-21(4,5)6/h8-10,12-13,15-16,18H,7,11,14H2,1-6H3,(H,22,24)/t15-,16-,18-/m0/s1. The van der Waals surface area contributed by atoms with Crippen molar-refractivity contribution >= 4 is 12.1 Å². The van der Waals surface area contributed by atoms with Crippen LogP contribution in [-0.2, 0) is 20.7 Å². The molecule has 3 atom stereocenters. The molecular weight excluding hydrogens is 330 g/mol. The first kappa shape index (κ1) is 22.0. The van der Waals surface area contributed by atoms with E-state index in [0.717, 1.165) is 19.3 Å². The molecule has 1 aromatic rings. The topological polar surface area (TPSA) is 64.6 Å². The maximum Gasteiger partial charge on any atom is 0.408 e. The van der Waals surface area contributed by atoms with Gasteiger partial charge >= 0.3 is 12.1 Å². The Kier molecular flexibility index (Phi) is 8.62. The Hall–Kier alpha value is -2.04. The average Bonchev–Trinajstić information content (AvgIpc) is 2.53. The van der Waals surface area contributed by atoms with Gasteiger partial charge in [0.1, 0.15) is 17.7 Å². The van der Waals surface area contributed by atoms with Crippen LogP contribution in [-0.4, -0.2) is 29.8 Å². The lowest BCUT2D eigenvalue weighted by atomic mass is 9.90. The van der Waals surface area contributed by atoms with Crippen molar-refractivity contribution in [1.82, 2.24) is 5.32 Å². The van der Waals surface area contributed by atoms with E-state index < -0.39 is 23.7 Å². The number of hydrogen-bond acceptors (Lipinski definition) is 4. The molecule has 5 nitrogen and oxygen atoms in total. The Bertz CT molecular complexity index is 565. The summed E-state index contributed by atoms with van der Waals surface area (Å²) in [6, 6.07) is 9.44. The summed E-state index contributed by atoms with van der Waals surface area (Å²) in [5.41, 5.74) is 0.622. The second-order valence-corrected chi connectivity index (χ2v) is 7.75. The van der Waals surface area contributed by atoms with Crippen molar-refractivity contribution in [1.29, 1.82) is 0 Å². The van der Waals surface area contributed by atoms with E-state index in [4.69, 9.17) is 9.47 Å². The second kappa shape index (κ2) is 10.2. The van der Waals surface area contributed by atoms with E-state index in [9.17, 15) is 9.59 Å². The Labute approximate surface area is 157 Å². The van der Waals surface area contributed by atoms with Crippen LogP contribution in [0.25, 0.3) is 0 Å². The van der Waals surface area contributed by atoms with Gasteiger partial charge in [-0.05, 0) is 58.9 Å². The predicted octanol–water partition coefficient (Wildman–Crippen LogP) is 4.49. The highest BCUT2D eigenvalue weighted by molar-refractivity contribution is 5.81. The monoisotopic (exact) mass is 363 g/mol. The zero-order chi connectivity index (χ0) is 19.7. The van der Waals surface area contributed by atoms with Gasteiger partial charge in [0.25, 0.3) is 0 Å². The first-order chi connectivity index (χ1) is 12.1. The SMILES string of the molecule is CCC[C@@H](Cc1ccccc1)[C@H](C)OC(=O)[C@H](C)NC(=O)OC(C)(C)C. The van der Waals surface area contributed by atoms with Gasteiger partial charge in [-0.2, -0.15) is 0 Å². The van der Waals surface area contributed by atoms with Gasteiger partial charge in [-0.15, -0.1) is 0 Å². The van der Waals surface area contributed by atoms with E-state index >= 15 is 0 Å². The Morgan fingerprint density at radius 3 is 2.27 bits per heavy atom. The first-order valence-corrected chi connectivity index (χ1v) is 9.36. The van der Waals surface area contributed by atoms with Crippen molar-refractivity contribution in [3.63, 3.8) is 0 Å². The number of alkyl carbamates (subject to hydrolysis) is 1. The van der Waals surface area contributed by atoms with E-state index in [1.54, 1.807) is 27.7 Å². The molecule has 26 heavy (non-hydrogen) atoms. The van der Waals surface area contributed by atoms with Crippen LogP contribution < -0.4 is 5.32 Å². The molecule has 1 N–H and O–H groups in total. The van der Waals surface area contributed by atoms with E-state index in [-0.39, 0.29) is 12.0 Å².